The van der Waals surface area contributed by atoms with E-state index in [4.69, 9.17) is 4.74 Å². The molecule has 0 saturated heterocycles. The zero-order valence-electron chi connectivity index (χ0n) is 9.93. The molecule has 0 unspecified atom stereocenters. The quantitative estimate of drug-likeness (QED) is 0.761. The molecule has 0 fully saturated rings. The van der Waals surface area contributed by atoms with Crippen molar-refractivity contribution in [1.82, 2.24) is 9.38 Å². The van der Waals surface area contributed by atoms with Crippen molar-refractivity contribution in [3.8, 4) is 0 Å². The largest absolute Gasteiger partial charge is 0.461 e. The summed E-state index contributed by atoms with van der Waals surface area (Å²) in [5.41, 5.74) is 3.13. The number of carbonyl (C=O) groups is 1. The van der Waals surface area contributed by atoms with Gasteiger partial charge in [0.25, 0.3) is 0 Å². The highest BCUT2D eigenvalue weighted by molar-refractivity contribution is 5.88. The molecule has 0 spiro atoms. The fourth-order valence-electron chi connectivity index (χ4n) is 1.60. The van der Waals surface area contributed by atoms with Gasteiger partial charge in [0.2, 0.25) is 0 Å². The summed E-state index contributed by atoms with van der Waals surface area (Å²) in [4.78, 5) is 15.8. The van der Waals surface area contributed by atoms with E-state index in [2.05, 4.69) is 11.6 Å². The minimum absolute atomic E-state index is 0.357. The van der Waals surface area contributed by atoms with Crippen molar-refractivity contribution in [1.29, 1.82) is 0 Å². The molecule has 0 bridgehead atoms. The molecule has 2 aromatic rings. The number of pyridine rings is 1. The van der Waals surface area contributed by atoms with Gasteiger partial charge in [-0.2, -0.15) is 0 Å². The summed E-state index contributed by atoms with van der Waals surface area (Å²) in [6.45, 7) is 7.94. The van der Waals surface area contributed by atoms with Crippen LogP contribution in [-0.2, 0) is 4.74 Å². The summed E-state index contributed by atoms with van der Waals surface area (Å²) in [5.74, 6) is -0.358. The van der Waals surface area contributed by atoms with Crippen LogP contribution in [0.3, 0.4) is 0 Å². The molecule has 17 heavy (non-hydrogen) atoms. The normalized spacial score (nSPS) is 10.5. The van der Waals surface area contributed by atoms with Crippen LogP contribution in [0.15, 0.2) is 31.1 Å². The smallest absolute Gasteiger partial charge is 0.356 e. The molecule has 2 aromatic heterocycles. The van der Waals surface area contributed by atoms with Gasteiger partial charge in [0.05, 0.1) is 12.8 Å². The van der Waals surface area contributed by atoms with Crippen LogP contribution in [-0.4, -0.2) is 22.0 Å². The molecule has 0 aliphatic heterocycles. The van der Waals surface area contributed by atoms with E-state index in [-0.39, 0.29) is 5.97 Å². The summed E-state index contributed by atoms with van der Waals surface area (Å²) in [7, 11) is 0. The molecule has 0 amide bonds. The number of imidazole rings is 1. The summed E-state index contributed by atoms with van der Waals surface area (Å²) in [5, 5.41) is 0. The number of carbonyl (C=O) groups excluding carboxylic acids is 1. The average Bonchev–Trinajstić information content (AvgIpc) is 2.71. The Balaban J connectivity index is 2.48. The monoisotopic (exact) mass is 230 g/mol. The highest BCUT2D eigenvalue weighted by atomic mass is 16.5. The van der Waals surface area contributed by atoms with Crippen LogP contribution in [0.25, 0.3) is 11.2 Å². The number of aromatic nitrogens is 2. The number of nitrogens with zero attached hydrogens (tertiary/aromatic N) is 2. The van der Waals surface area contributed by atoms with Gasteiger partial charge in [0.1, 0.15) is 5.65 Å². The maximum Gasteiger partial charge on any atom is 0.356 e. The van der Waals surface area contributed by atoms with Crippen molar-refractivity contribution in [3.63, 3.8) is 0 Å². The van der Waals surface area contributed by atoms with Gasteiger partial charge in [-0.1, -0.05) is 12.2 Å². The summed E-state index contributed by atoms with van der Waals surface area (Å²) < 4.78 is 6.67. The van der Waals surface area contributed by atoms with E-state index in [1.165, 1.54) is 6.20 Å². The van der Waals surface area contributed by atoms with E-state index in [9.17, 15) is 4.79 Å². The van der Waals surface area contributed by atoms with Crippen molar-refractivity contribution in [3.05, 3.63) is 42.4 Å². The Kier molecular flexibility index (Phi) is 2.95. The lowest BCUT2D eigenvalue weighted by Crippen LogP contribution is -2.07. The van der Waals surface area contributed by atoms with Crippen molar-refractivity contribution in [2.24, 2.45) is 0 Å². The molecule has 4 heteroatoms. The molecule has 0 aromatic carbocycles. The predicted molar refractivity (Wildman–Crippen MR) is 65.9 cm³/mol. The third-order valence-electron chi connectivity index (χ3n) is 2.49. The Morgan fingerprint density at radius 3 is 3.00 bits per heavy atom. The third kappa shape index (κ3) is 2.06. The van der Waals surface area contributed by atoms with Crippen LogP contribution in [0.5, 0.6) is 0 Å². The zero-order chi connectivity index (χ0) is 12.4. The Bertz CT molecular complexity index is 584. The van der Waals surface area contributed by atoms with Gasteiger partial charge < -0.3 is 4.74 Å². The molecule has 0 N–H and O–H groups in total. The molecule has 2 heterocycles. The van der Waals surface area contributed by atoms with Gasteiger partial charge >= 0.3 is 5.97 Å². The highest BCUT2D eigenvalue weighted by Crippen LogP contribution is 2.15. The van der Waals surface area contributed by atoms with Crippen LogP contribution < -0.4 is 0 Å². The maximum atomic E-state index is 11.6. The SMILES string of the molecule is C=C(C)c1ccn2c(C(=O)OCC)cnc2c1. The second kappa shape index (κ2) is 4.41. The lowest BCUT2D eigenvalue weighted by molar-refractivity contribution is 0.0518. The number of ether oxygens (including phenoxy) is 1. The lowest BCUT2D eigenvalue weighted by Gasteiger charge is -2.03. The van der Waals surface area contributed by atoms with Crippen molar-refractivity contribution in [2.45, 2.75) is 13.8 Å². The van der Waals surface area contributed by atoms with Crippen LogP contribution in [0.1, 0.15) is 29.9 Å². The molecule has 4 nitrogen and oxygen atoms in total. The van der Waals surface area contributed by atoms with Crippen LogP contribution >= 0.6 is 0 Å². The predicted octanol–water partition coefficient (Wildman–Crippen LogP) is 2.54. The number of esters is 1. The maximum absolute atomic E-state index is 11.6. The van der Waals surface area contributed by atoms with E-state index in [0.29, 0.717) is 17.9 Å². The second-order valence-electron chi connectivity index (χ2n) is 3.79. The zero-order valence-corrected chi connectivity index (χ0v) is 9.93. The molecular formula is C13H14N2O2. The Labute approximate surface area is 99.5 Å². The van der Waals surface area contributed by atoms with Crippen molar-refractivity contribution < 1.29 is 9.53 Å². The van der Waals surface area contributed by atoms with Crippen molar-refractivity contribution in [2.75, 3.05) is 6.61 Å². The first-order valence-corrected chi connectivity index (χ1v) is 5.43. The first-order valence-electron chi connectivity index (χ1n) is 5.43. The van der Waals surface area contributed by atoms with Crippen LogP contribution in [0.4, 0.5) is 0 Å². The molecule has 88 valence electrons. The summed E-state index contributed by atoms with van der Waals surface area (Å²) in [6, 6.07) is 3.80. The number of rotatable bonds is 3. The topological polar surface area (TPSA) is 43.6 Å². The molecule has 0 aliphatic rings. The molecule has 0 atom stereocenters. The van der Waals surface area contributed by atoms with Gasteiger partial charge in [-0.3, -0.25) is 4.40 Å². The Hall–Kier alpha value is -2.10. The average molecular weight is 230 g/mol. The first-order chi connectivity index (χ1) is 8.13. The van der Waals surface area contributed by atoms with E-state index in [1.54, 1.807) is 17.5 Å². The first kappa shape index (κ1) is 11.4. The minimum Gasteiger partial charge on any atom is -0.461 e. The molecule has 0 radical (unpaired) electrons. The fraction of sp³-hybridized carbons (Fsp3) is 0.231. The summed E-state index contributed by atoms with van der Waals surface area (Å²) in [6.07, 6.45) is 3.33. The molecule has 0 aliphatic carbocycles. The molecule has 2 rings (SSSR count). The van der Waals surface area contributed by atoms with Gasteiger partial charge in [-0.15, -0.1) is 0 Å². The number of hydrogen-bond acceptors (Lipinski definition) is 3. The number of allylic oxidation sites excluding steroid dienone is 1. The van der Waals surface area contributed by atoms with E-state index >= 15 is 0 Å². The van der Waals surface area contributed by atoms with E-state index in [0.717, 1.165) is 11.1 Å². The van der Waals surface area contributed by atoms with Gasteiger partial charge in [0.15, 0.2) is 5.69 Å². The number of hydrogen-bond donors (Lipinski definition) is 0. The van der Waals surface area contributed by atoms with Crippen LogP contribution in [0.2, 0.25) is 0 Å². The Morgan fingerprint density at radius 1 is 1.59 bits per heavy atom. The van der Waals surface area contributed by atoms with Gasteiger partial charge in [-0.25, -0.2) is 9.78 Å². The summed E-state index contributed by atoms with van der Waals surface area (Å²) >= 11 is 0. The second-order valence-corrected chi connectivity index (χ2v) is 3.79. The minimum atomic E-state index is -0.358. The third-order valence-corrected chi connectivity index (χ3v) is 2.49. The molecular weight excluding hydrogens is 216 g/mol. The lowest BCUT2D eigenvalue weighted by atomic mass is 10.1. The Morgan fingerprint density at radius 2 is 2.35 bits per heavy atom. The molecule has 0 saturated carbocycles. The van der Waals surface area contributed by atoms with Gasteiger partial charge in [-0.05, 0) is 31.5 Å². The number of fused-ring (bicyclic) bond motifs is 1. The van der Waals surface area contributed by atoms with Crippen LogP contribution in [0, 0.1) is 0 Å². The standard InChI is InChI=1S/C13H14N2O2/c1-4-17-13(16)11-8-14-12-7-10(9(2)3)5-6-15(11)12/h5-8H,2,4H2,1,3H3. The van der Waals surface area contributed by atoms with E-state index < -0.39 is 0 Å². The van der Waals surface area contributed by atoms with E-state index in [1.807, 2.05) is 19.1 Å². The highest BCUT2D eigenvalue weighted by Gasteiger charge is 2.12. The fourth-order valence-corrected chi connectivity index (χ4v) is 1.60. The van der Waals surface area contributed by atoms with Crippen molar-refractivity contribution >= 4 is 17.2 Å². The van der Waals surface area contributed by atoms with Gasteiger partial charge in [0, 0.05) is 6.20 Å².